The molecule has 0 amide bonds. The Morgan fingerprint density at radius 1 is 1.56 bits per heavy atom. The van der Waals surface area contributed by atoms with Crippen LogP contribution in [0.25, 0.3) is 5.65 Å². The number of nitrogens with one attached hydrogen (secondary N) is 1. The summed E-state index contributed by atoms with van der Waals surface area (Å²) in [6.45, 7) is 4.02. The van der Waals surface area contributed by atoms with Crippen molar-refractivity contribution in [3.63, 3.8) is 0 Å². The molecule has 2 aromatic heterocycles. The van der Waals surface area contributed by atoms with E-state index in [1.807, 2.05) is 19.9 Å². The molecule has 0 saturated heterocycles. The van der Waals surface area contributed by atoms with E-state index >= 15 is 0 Å². The number of hydrogen-bond donors (Lipinski definition) is 1. The largest absolute Gasteiger partial charge is 0.364 e. The molecule has 2 aromatic rings. The second-order valence-electron chi connectivity index (χ2n) is 3.77. The minimum Gasteiger partial charge on any atom is -0.244 e. The number of alkyl halides is 1. The molecule has 0 saturated carbocycles. The zero-order valence-electron chi connectivity index (χ0n) is 9.14. The van der Waals surface area contributed by atoms with Gasteiger partial charge in [0.05, 0.1) is 5.69 Å². The predicted octanol–water partition coefficient (Wildman–Crippen LogP) is 1.54. The minimum absolute atomic E-state index is 0.0209. The average Bonchev–Trinajstić information content (AvgIpc) is 2.68. The van der Waals surface area contributed by atoms with Crippen LogP contribution in [-0.2, 0) is 0 Å². The van der Waals surface area contributed by atoms with E-state index in [1.165, 1.54) is 4.52 Å². The van der Waals surface area contributed by atoms with E-state index in [1.54, 1.807) is 6.07 Å². The second-order valence-corrected chi connectivity index (χ2v) is 4.33. The Hall–Kier alpha value is -1.36. The number of halogens is 1. The highest BCUT2D eigenvalue weighted by atomic mass is 35.5. The number of rotatable bonds is 3. The van der Waals surface area contributed by atoms with Crippen molar-refractivity contribution in [2.24, 2.45) is 0 Å². The molecule has 2 unspecified atom stereocenters. The summed E-state index contributed by atoms with van der Waals surface area (Å²) in [6, 6.07) is 3.61. The zero-order chi connectivity index (χ0) is 11.7. The Bertz CT molecular complexity index is 547. The third-order valence-corrected chi connectivity index (χ3v) is 3.38. The lowest BCUT2D eigenvalue weighted by atomic mass is 10.0. The van der Waals surface area contributed by atoms with Crippen molar-refractivity contribution in [1.29, 1.82) is 0 Å². The van der Waals surface area contributed by atoms with Gasteiger partial charge in [0.25, 0.3) is 0 Å². The highest BCUT2D eigenvalue weighted by molar-refractivity contribution is 6.21. The molecule has 5 nitrogen and oxygen atoms in total. The summed E-state index contributed by atoms with van der Waals surface area (Å²) >= 11 is 6.16. The van der Waals surface area contributed by atoms with Gasteiger partial charge in [0.1, 0.15) is 0 Å². The lowest BCUT2D eigenvalue weighted by molar-refractivity contribution is 0.637. The van der Waals surface area contributed by atoms with Crippen LogP contribution in [-0.4, -0.2) is 25.2 Å². The first kappa shape index (κ1) is 11.1. The first-order chi connectivity index (χ1) is 7.63. The fraction of sp³-hybridized carbons (Fsp3) is 0.500. The van der Waals surface area contributed by atoms with Crippen molar-refractivity contribution < 1.29 is 0 Å². The fourth-order valence-electron chi connectivity index (χ4n) is 1.60. The summed E-state index contributed by atoms with van der Waals surface area (Å²) in [5, 5.41) is 10.4. The number of nitrogens with zero attached hydrogens (tertiary/aromatic N) is 3. The van der Waals surface area contributed by atoms with Crippen LogP contribution in [0, 0.1) is 0 Å². The molecule has 2 atom stereocenters. The third-order valence-electron chi connectivity index (χ3n) is 2.69. The van der Waals surface area contributed by atoms with Gasteiger partial charge in [-0.2, -0.15) is 14.7 Å². The smallest absolute Gasteiger partial charge is 0.244 e. The Morgan fingerprint density at radius 3 is 3.00 bits per heavy atom. The second kappa shape index (κ2) is 4.25. The molecule has 2 heterocycles. The maximum atomic E-state index is 11.3. The van der Waals surface area contributed by atoms with Gasteiger partial charge in [-0.05, 0) is 18.6 Å². The maximum Gasteiger partial charge on any atom is 0.364 e. The molecule has 1 N–H and O–H groups in total. The minimum atomic E-state index is -0.327. The lowest BCUT2D eigenvalue weighted by Crippen LogP contribution is -2.17. The number of aromatic amines is 1. The average molecular weight is 241 g/mol. The zero-order valence-corrected chi connectivity index (χ0v) is 9.90. The van der Waals surface area contributed by atoms with Crippen LogP contribution in [0.2, 0.25) is 0 Å². The van der Waals surface area contributed by atoms with Gasteiger partial charge in [0.15, 0.2) is 5.65 Å². The van der Waals surface area contributed by atoms with Crippen molar-refractivity contribution in [2.75, 3.05) is 0 Å². The van der Waals surface area contributed by atoms with Crippen LogP contribution in [0.5, 0.6) is 0 Å². The van der Waals surface area contributed by atoms with Gasteiger partial charge >= 0.3 is 5.69 Å². The van der Waals surface area contributed by atoms with Gasteiger partial charge < -0.3 is 0 Å². The highest BCUT2D eigenvalue weighted by Crippen LogP contribution is 2.23. The Morgan fingerprint density at radius 2 is 2.31 bits per heavy atom. The SMILES string of the molecule is CCC(Cl)C(C)c1ccc2n[nH]c(=O)n2n1. The van der Waals surface area contributed by atoms with Gasteiger partial charge in [0, 0.05) is 11.3 Å². The molecule has 0 bridgehead atoms. The van der Waals surface area contributed by atoms with E-state index in [4.69, 9.17) is 11.6 Å². The van der Waals surface area contributed by atoms with Gasteiger partial charge in [-0.1, -0.05) is 13.8 Å². The molecule has 0 aliphatic rings. The summed E-state index contributed by atoms with van der Waals surface area (Å²) in [5.41, 5.74) is 0.994. The number of aromatic nitrogens is 4. The maximum absolute atomic E-state index is 11.3. The quantitative estimate of drug-likeness (QED) is 0.828. The van der Waals surface area contributed by atoms with E-state index in [-0.39, 0.29) is 17.0 Å². The Labute approximate surface area is 97.4 Å². The van der Waals surface area contributed by atoms with Gasteiger partial charge in [-0.25, -0.2) is 9.89 Å². The molecule has 16 heavy (non-hydrogen) atoms. The van der Waals surface area contributed by atoms with E-state index in [2.05, 4.69) is 15.3 Å². The van der Waals surface area contributed by atoms with E-state index in [9.17, 15) is 4.79 Å². The highest BCUT2D eigenvalue weighted by Gasteiger charge is 2.17. The van der Waals surface area contributed by atoms with Crippen molar-refractivity contribution >= 4 is 17.2 Å². The molecule has 0 aliphatic heterocycles. The van der Waals surface area contributed by atoms with Crippen molar-refractivity contribution in [1.82, 2.24) is 19.8 Å². The van der Waals surface area contributed by atoms with Gasteiger partial charge in [-0.3, -0.25) is 0 Å². The summed E-state index contributed by atoms with van der Waals surface area (Å²) in [5.74, 6) is 0.109. The molecular weight excluding hydrogens is 228 g/mol. The summed E-state index contributed by atoms with van der Waals surface area (Å²) in [7, 11) is 0. The topological polar surface area (TPSA) is 63.0 Å². The van der Waals surface area contributed by atoms with E-state index in [0.29, 0.717) is 5.65 Å². The molecule has 0 radical (unpaired) electrons. The lowest BCUT2D eigenvalue weighted by Gasteiger charge is -2.15. The summed E-state index contributed by atoms with van der Waals surface area (Å²) in [6.07, 6.45) is 0.864. The van der Waals surface area contributed by atoms with Crippen LogP contribution in [0.4, 0.5) is 0 Å². The van der Waals surface area contributed by atoms with E-state index in [0.717, 1.165) is 12.1 Å². The van der Waals surface area contributed by atoms with Crippen molar-refractivity contribution in [2.45, 2.75) is 31.6 Å². The number of hydrogen-bond acceptors (Lipinski definition) is 3. The number of H-pyrrole nitrogens is 1. The predicted molar refractivity (Wildman–Crippen MR) is 62.0 cm³/mol. The van der Waals surface area contributed by atoms with Crippen molar-refractivity contribution in [3.8, 4) is 0 Å². The summed E-state index contributed by atoms with van der Waals surface area (Å²) < 4.78 is 1.26. The number of fused-ring (bicyclic) bond motifs is 1. The molecule has 0 fully saturated rings. The molecule has 6 heteroatoms. The Kier molecular flexibility index (Phi) is 2.96. The van der Waals surface area contributed by atoms with Crippen LogP contribution in [0.3, 0.4) is 0 Å². The standard InChI is InChI=1S/C10H13ClN4O/c1-3-7(11)6(2)8-4-5-9-12-13-10(16)15(9)14-8/h4-7H,3H2,1-2H3,(H,13,16). The fourth-order valence-corrected chi connectivity index (χ4v) is 1.73. The molecule has 2 rings (SSSR count). The van der Waals surface area contributed by atoms with Crippen LogP contribution in [0.15, 0.2) is 16.9 Å². The Balaban J connectivity index is 2.46. The first-order valence-electron chi connectivity index (χ1n) is 5.22. The van der Waals surface area contributed by atoms with Crippen LogP contribution in [0.1, 0.15) is 31.9 Å². The van der Waals surface area contributed by atoms with Gasteiger partial charge in [0.2, 0.25) is 0 Å². The summed E-state index contributed by atoms with van der Waals surface area (Å²) in [4.78, 5) is 11.3. The molecule has 0 aliphatic carbocycles. The van der Waals surface area contributed by atoms with Gasteiger partial charge in [-0.15, -0.1) is 11.6 Å². The van der Waals surface area contributed by atoms with Crippen LogP contribution < -0.4 is 5.69 Å². The first-order valence-corrected chi connectivity index (χ1v) is 5.65. The van der Waals surface area contributed by atoms with E-state index < -0.39 is 0 Å². The normalized spacial score (nSPS) is 15.2. The third kappa shape index (κ3) is 1.82. The molecule has 0 spiro atoms. The molecular formula is C10H13ClN4O. The monoisotopic (exact) mass is 240 g/mol. The van der Waals surface area contributed by atoms with Crippen LogP contribution >= 0.6 is 11.6 Å². The molecule has 0 aromatic carbocycles. The van der Waals surface area contributed by atoms with Crippen molar-refractivity contribution in [3.05, 3.63) is 28.3 Å². The molecule has 86 valence electrons.